The molecule has 1 aromatic rings. The molecule has 0 aliphatic carbocycles. The summed E-state index contributed by atoms with van der Waals surface area (Å²) in [5.74, 6) is -0.0388. The molecule has 1 aromatic carbocycles. The highest BCUT2D eigenvalue weighted by Gasteiger charge is 2.34. The van der Waals surface area contributed by atoms with Crippen molar-refractivity contribution < 1.29 is 4.79 Å². The first-order chi connectivity index (χ1) is 9.04. The standard InChI is InChI=1S/C15H21N3O/c1-10-6-7-11(2)14(9-10)18-15(19)13(5-4-8-16)12(3)17-18/h6-7,9,13H,4-5,8,16H2,1-3H3. The van der Waals surface area contributed by atoms with Gasteiger partial charge in [-0.15, -0.1) is 0 Å². The van der Waals surface area contributed by atoms with Crippen LogP contribution in [0.2, 0.25) is 0 Å². The Morgan fingerprint density at radius 1 is 1.32 bits per heavy atom. The Morgan fingerprint density at radius 3 is 2.74 bits per heavy atom. The molecule has 1 amide bonds. The number of rotatable bonds is 4. The lowest BCUT2D eigenvalue weighted by molar-refractivity contribution is -0.119. The van der Waals surface area contributed by atoms with Crippen molar-refractivity contribution in [2.45, 2.75) is 33.6 Å². The van der Waals surface area contributed by atoms with Gasteiger partial charge in [-0.1, -0.05) is 12.1 Å². The first-order valence-electron chi connectivity index (χ1n) is 6.71. The molecule has 0 aromatic heterocycles. The van der Waals surface area contributed by atoms with Crippen molar-refractivity contribution in [3.8, 4) is 0 Å². The quantitative estimate of drug-likeness (QED) is 0.902. The van der Waals surface area contributed by atoms with Crippen LogP contribution in [-0.2, 0) is 4.79 Å². The van der Waals surface area contributed by atoms with Crippen molar-refractivity contribution in [1.29, 1.82) is 0 Å². The van der Waals surface area contributed by atoms with E-state index in [1.54, 1.807) is 5.01 Å². The monoisotopic (exact) mass is 259 g/mol. The van der Waals surface area contributed by atoms with Gasteiger partial charge in [0.05, 0.1) is 11.6 Å². The molecule has 1 unspecified atom stereocenters. The average molecular weight is 259 g/mol. The molecule has 0 saturated carbocycles. The summed E-state index contributed by atoms with van der Waals surface area (Å²) in [4.78, 5) is 12.5. The predicted molar refractivity (Wildman–Crippen MR) is 78.3 cm³/mol. The molecule has 19 heavy (non-hydrogen) atoms. The van der Waals surface area contributed by atoms with Gasteiger partial charge in [0.1, 0.15) is 0 Å². The van der Waals surface area contributed by atoms with Gasteiger partial charge in [0, 0.05) is 5.71 Å². The summed E-state index contributed by atoms with van der Waals surface area (Å²) in [7, 11) is 0. The van der Waals surface area contributed by atoms with E-state index in [1.165, 1.54) is 0 Å². The molecule has 0 spiro atoms. The number of nitrogens with two attached hydrogens (primary N) is 1. The minimum atomic E-state index is -0.108. The summed E-state index contributed by atoms with van der Waals surface area (Å²) in [5.41, 5.74) is 9.50. The largest absolute Gasteiger partial charge is 0.330 e. The molecule has 4 nitrogen and oxygen atoms in total. The van der Waals surface area contributed by atoms with Crippen LogP contribution in [0.4, 0.5) is 5.69 Å². The van der Waals surface area contributed by atoms with Crippen LogP contribution in [-0.4, -0.2) is 18.2 Å². The zero-order chi connectivity index (χ0) is 14.0. The van der Waals surface area contributed by atoms with Gasteiger partial charge in [-0.2, -0.15) is 10.1 Å². The Morgan fingerprint density at radius 2 is 2.05 bits per heavy atom. The minimum absolute atomic E-state index is 0.0691. The van der Waals surface area contributed by atoms with Gasteiger partial charge in [0.2, 0.25) is 0 Å². The lowest BCUT2D eigenvalue weighted by Gasteiger charge is -2.17. The number of hydrogen-bond acceptors (Lipinski definition) is 3. The molecule has 0 fully saturated rings. The second kappa shape index (κ2) is 5.53. The van der Waals surface area contributed by atoms with E-state index in [4.69, 9.17) is 5.73 Å². The Hall–Kier alpha value is -1.68. The van der Waals surface area contributed by atoms with E-state index in [0.29, 0.717) is 6.54 Å². The molecule has 102 valence electrons. The SMILES string of the molecule is CC1=NN(c2cc(C)ccc2C)C(=O)C1CCCN. The van der Waals surface area contributed by atoms with Gasteiger partial charge < -0.3 is 5.73 Å². The third-order valence-corrected chi connectivity index (χ3v) is 3.56. The fraction of sp³-hybridized carbons (Fsp3) is 0.467. The fourth-order valence-corrected chi connectivity index (χ4v) is 2.38. The van der Waals surface area contributed by atoms with Gasteiger partial charge in [0.25, 0.3) is 5.91 Å². The smallest absolute Gasteiger partial charge is 0.256 e. The van der Waals surface area contributed by atoms with Crippen LogP contribution >= 0.6 is 0 Å². The zero-order valence-corrected chi connectivity index (χ0v) is 11.8. The van der Waals surface area contributed by atoms with Crippen LogP contribution in [0.3, 0.4) is 0 Å². The van der Waals surface area contributed by atoms with Crippen LogP contribution in [0.5, 0.6) is 0 Å². The van der Waals surface area contributed by atoms with E-state index in [-0.39, 0.29) is 11.8 Å². The highest BCUT2D eigenvalue weighted by molar-refractivity contribution is 6.14. The van der Waals surface area contributed by atoms with E-state index >= 15 is 0 Å². The Balaban J connectivity index is 2.27. The van der Waals surface area contributed by atoms with Gasteiger partial charge >= 0.3 is 0 Å². The van der Waals surface area contributed by atoms with Crippen molar-refractivity contribution in [2.24, 2.45) is 16.8 Å². The van der Waals surface area contributed by atoms with Crippen molar-refractivity contribution in [2.75, 3.05) is 11.6 Å². The molecule has 4 heteroatoms. The number of benzene rings is 1. The Labute approximate surface area is 114 Å². The average Bonchev–Trinajstić information content (AvgIpc) is 2.66. The van der Waals surface area contributed by atoms with E-state index in [2.05, 4.69) is 5.10 Å². The topological polar surface area (TPSA) is 58.7 Å². The predicted octanol–water partition coefficient (Wildman–Crippen LogP) is 2.38. The number of hydrogen-bond donors (Lipinski definition) is 1. The van der Waals surface area contributed by atoms with E-state index in [0.717, 1.165) is 35.4 Å². The maximum atomic E-state index is 12.5. The first-order valence-corrected chi connectivity index (χ1v) is 6.71. The summed E-state index contributed by atoms with van der Waals surface area (Å²) in [6, 6.07) is 6.08. The highest BCUT2D eigenvalue weighted by atomic mass is 16.2. The van der Waals surface area contributed by atoms with Crippen molar-refractivity contribution in [1.82, 2.24) is 0 Å². The van der Waals surface area contributed by atoms with Crippen LogP contribution in [0.1, 0.15) is 30.9 Å². The Kier molecular flexibility index (Phi) is 4.00. The molecule has 2 N–H and O–H groups in total. The third kappa shape index (κ3) is 2.68. The van der Waals surface area contributed by atoms with Crippen LogP contribution in [0, 0.1) is 19.8 Å². The van der Waals surface area contributed by atoms with Crippen molar-refractivity contribution >= 4 is 17.3 Å². The fourth-order valence-electron chi connectivity index (χ4n) is 2.38. The molecule has 0 radical (unpaired) electrons. The van der Waals surface area contributed by atoms with Crippen LogP contribution in [0.25, 0.3) is 0 Å². The van der Waals surface area contributed by atoms with Crippen molar-refractivity contribution in [3.63, 3.8) is 0 Å². The molecule has 1 heterocycles. The summed E-state index contributed by atoms with van der Waals surface area (Å²) < 4.78 is 0. The number of aryl methyl sites for hydroxylation is 2. The van der Waals surface area contributed by atoms with Gasteiger partial charge in [-0.3, -0.25) is 4.79 Å². The van der Waals surface area contributed by atoms with Gasteiger partial charge in [-0.25, -0.2) is 0 Å². The molecule has 2 rings (SSSR count). The van der Waals surface area contributed by atoms with Crippen LogP contribution in [0.15, 0.2) is 23.3 Å². The first kappa shape index (κ1) is 13.7. The second-order valence-electron chi connectivity index (χ2n) is 5.16. The van der Waals surface area contributed by atoms with E-state index in [1.807, 2.05) is 39.0 Å². The number of carbonyl (C=O) groups excluding carboxylic acids is 1. The van der Waals surface area contributed by atoms with Crippen molar-refractivity contribution in [3.05, 3.63) is 29.3 Å². The normalized spacial score (nSPS) is 18.9. The molecule has 1 aliphatic rings. The molecule has 1 atom stereocenters. The Bertz CT molecular complexity index is 522. The molecular formula is C15H21N3O. The van der Waals surface area contributed by atoms with E-state index < -0.39 is 0 Å². The molecule has 0 saturated heterocycles. The second-order valence-corrected chi connectivity index (χ2v) is 5.16. The summed E-state index contributed by atoms with van der Waals surface area (Å²) in [6.45, 7) is 6.55. The summed E-state index contributed by atoms with van der Waals surface area (Å²) in [6.07, 6.45) is 1.63. The summed E-state index contributed by atoms with van der Waals surface area (Å²) >= 11 is 0. The maximum Gasteiger partial charge on any atom is 0.256 e. The lowest BCUT2D eigenvalue weighted by Crippen LogP contribution is -2.28. The summed E-state index contributed by atoms with van der Waals surface area (Å²) in [5, 5.41) is 5.99. The van der Waals surface area contributed by atoms with Crippen LogP contribution < -0.4 is 10.7 Å². The molecule has 1 aliphatic heterocycles. The molecule has 0 bridgehead atoms. The highest BCUT2D eigenvalue weighted by Crippen LogP contribution is 2.29. The van der Waals surface area contributed by atoms with E-state index in [9.17, 15) is 4.79 Å². The molecular weight excluding hydrogens is 238 g/mol. The number of hydrazone groups is 1. The maximum absolute atomic E-state index is 12.5. The third-order valence-electron chi connectivity index (χ3n) is 3.56. The van der Waals surface area contributed by atoms with Gasteiger partial charge in [-0.05, 0) is 57.4 Å². The number of nitrogens with zero attached hydrogens (tertiary/aromatic N) is 2. The minimum Gasteiger partial charge on any atom is -0.330 e. The number of anilines is 1. The number of amides is 1. The lowest BCUT2D eigenvalue weighted by atomic mass is 9.98. The zero-order valence-electron chi connectivity index (χ0n) is 11.8. The number of carbonyl (C=O) groups is 1. The van der Waals surface area contributed by atoms with Gasteiger partial charge in [0.15, 0.2) is 0 Å².